The number of aliphatic hydroxyl groups is 1. The molecule has 0 unspecified atom stereocenters. The van der Waals surface area contributed by atoms with Crippen LogP contribution in [0.1, 0.15) is 41.6 Å². The van der Waals surface area contributed by atoms with Crippen molar-refractivity contribution in [1.29, 1.82) is 0 Å². The van der Waals surface area contributed by atoms with Crippen molar-refractivity contribution in [2.24, 2.45) is 5.73 Å². The van der Waals surface area contributed by atoms with Crippen LogP contribution in [-0.2, 0) is 0 Å². The number of aromatic nitrogens is 2. The van der Waals surface area contributed by atoms with E-state index in [0.717, 1.165) is 70.2 Å². The summed E-state index contributed by atoms with van der Waals surface area (Å²) in [6.45, 7) is 2.13. The van der Waals surface area contributed by atoms with Crippen LogP contribution in [0.2, 0.25) is 0 Å². The Hall–Kier alpha value is -4.16. The van der Waals surface area contributed by atoms with Crippen LogP contribution >= 0.6 is 0 Å². The van der Waals surface area contributed by atoms with Gasteiger partial charge in [0, 0.05) is 46.1 Å². The van der Waals surface area contributed by atoms with Crippen molar-refractivity contribution < 1.29 is 9.90 Å². The number of nitrogens with one attached hydrogen (secondary N) is 1. The number of primary amides is 1. The number of pyridine rings is 1. The van der Waals surface area contributed by atoms with E-state index in [1.807, 2.05) is 36.5 Å². The molecule has 1 aliphatic carbocycles. The largest absolute Gasteiger partial charge is 0.393 e. The van der Waals surface area contributed by atoms with Gasteiger partial charge in [0.25, 0.3) is 5.91 Å². The van der Waals surface area contributed by atoms with Crippen molar-refractivity contribution in [3.8, 4) is 16.8 Å². The van der Waals surface area contributed by atoms with Gasteiger partial charge in [0.05, 0.1) is 22.7 Å². The number of hydrogen-bond donors (Lipinski definition) is 3. The number of fused-ring (bicyclic) bond motifs is 2. The second-order valence-electron chi connectivity index (χ2n) is 10.0. The number of para-hydroxylation sites is 1. The van der Waals surface area contributed by atoms with E-state index in [4.69, 9.17) is 5.73 Å². The first-order valence-electron chi connectivity index (χ1n) is 12.8. The number of amides is 1. The fraction of sp³-hybridized carbons (Fsp3) is 0.226. The molecule has 0 saturated heterocycles. The first-order chi connectivity index (χ1) is 18.0. The van der Waals surface area contributed by atoms with Gasteiger partial charge < -0.3 is 20.7 Å². The molecule has 0 radical (unpaired) electrons. The summed E-state index contributed by atoms with van der Waals surface area (Å²) in [4.78, 5) is 16.9. The average Bonchev–Trinajstić information content (AvgIpc) is 3.26. The van der Waals surface area contributed by atoms with Crippen molar-refractivity contribution >= 4 is 33.4 Å². The van der Waals surface area contributed by atoms with E-state index < -0.39 is 5.91 Å². The van der Waals surface area contributed by atoms with E-state index >= 15 is 0 Å². The summed E-state index contributed by atoms with van der Waals surface area (Å²) in [7, 11) is 0. The predicted molar refractivity (Wildman–Crippen MR) is 149 cm³/mol. The Morgan fingerprint density at radius 2 is 1.84 bits per heavy atom. The van der Waals surface area contributed by atoms with Crippen molar-refractivity contribution in [2.45, 2.75) is 44.8 Å². The van der Waals surface area contributed by atoms with Crippen LogP contribution in [0.5, 0.6) is 0 Å². The van der Waals surface area contributed by atoms with Crippen molar-refractivity contribution in [3.05, 3.63) is 90.3 Å². The second-order valence-corrected chi connectivity index (χ2v) is 10.0. The summed E-state index contributed by atoms with van der Waals surface area (Å²) < 4.78 is 2.17. The number of aliphatic hydroxyl groups excluding tert-OH is 1. The van der Waals surface area contributed by atoms with E-state index in [1.165, 1.54) is 5.39 Å². The second kappa shape index (κ2) is 9.37. The smallest absolute Gasteiger partial charge is 0.250 e. The van der Waals surface area contributed by atoms with E-state index in [2.05, 4.69) is 58.3 Å². The van der Waals surface area contributed by atoms with Crippen molar-refractivity contribution in [1.82, 2.24) is 9.55 Å². The van der Waals surface area contributed by atoms with Gasteiger partial charge in [0.2, 0.25) is 0 Å². The molecule has 1 amide bonds. The van der Waals surface area contributed by atoms with Crippen molar-refractivity contribution in [2.75, 3.05) is 5.32 Å². The Kier molecular flexibility index (Phi) is 5.89. The molecule has 5 aromatic rings. The molecule has 2 heterocycles. The molecule has 0 aliphatic heterocycles. The third kappa shape index (κ3) is 4.34. The normalized spacial score (nSPS) is 17.8. The van der Waals surface area contributed by atoms with Gasteiger partial charge in [-0.15, -0.1) is 0 Å². The van der Waals surface area contributed by atoms with Gasteiger partial charge in [-0.25, -0.2) is 0 Å². The van der Waals surface area contributed by atoms with Gasteiger partial charge in [-0.3, -0.25) is 9.78 Å². The van der Waals surface area contributed by atoms with Crippen molar-refractivity contribution in [3.63, 3.8) is 0 Å². The summed E-state index contributed by atoms with van der Waals surface area (Å²) in [6, 6.07) is 22.6. The minimum absolute atomic E-state index is 0.201. The molecule has 0 bridgehead atoms. The number of carbonyl (C=O) groups is 1. The van der Waals surface area contributed by atoms with Gasteiger partial charge in [-0.2, -0.15) is 0 Å². The Labute approximate surface area is 215 Å². The monoisotopic (exact) mass is 490 g/mol. The molecule has 1 saturated carbocycles. The third-order valence-electron chi connectivity index (χ3n) is 7.52. The summed E-state index contributed by atoms with van der Waals surface area (Å²) in [5, 5.41) is 15.7. The maximum atomic E-state index is 12.2. The summed E-state index contributed by atoms with van der Waals surface area (Å²) in [5.41, 5.74) is 13.3. The zero-order valence-electron chi connectivity index (χ0n) is 20.8. The standard InChI is InChI=1S/C31H30N4O2/c1-19-18-35(23-11-14-26(31(32)37)28(16-23)34-22-9-12-24(36)13-10-22)29-8-4-6-25(30(19)29)21-15-20-5-2-3-7-27(20)33-17-21/h2-8,11,14-18,22,24,34,36H,9-10,12-13H2,1H3,(H2,32,37). The Bertz CT molecular complexity index is 1630. The summed E-state index contributed by atoms with van der Waals surface area (Å²) in [6.07, 6.45) is 7.09. The lowest BCUT2D eigenvalue weighted by Gasteiger charge is -2.28. The number of nitrogens with two attached hydrogens (primary N) is 1. The van der Waals surface area contributed by atoms with Crippen LogP contribution in [0.25, 0.3) is 38.6 Å². The van der Waals surface area contributed by atoms with Crippen LogP contribution in [0.3, 0.4) is 0 Å². The number of carbonyl (C=O) groups excluding carboxylic acids is 1. The van der Waals surface area contributed by atoms with E-state index in [0.29, 0.717) is 5.56 Å². The number of benzene rings is 3. The van der Waals surface area contributed by atoms with Crippen LogP contribution in [0.4, 0.5) is 5.69 Å². The maximum absolute atomic E-state index is 12.2. The quantitative estimate of drug-likeness (QED) is 0.283. The lowest BCUT2D eigenvalue weighted by Crippen LogP contribution is -2.29. The fourth-order valence-electron chi connectivity index (χ4n) is 5.61. The van der Waals surface area contributed by atoms with Gasteiger partial charge in [0.1, 0.15) is 0 Å². The van der Waals surface area contributed by atoms with Crippen LogP contribution in [0, 0.1) is 6.92 Å². The van der Waals surface area contributed by atoms with Gasteiger partial charge >= 0.3 is 0 Å². The van der Waals surface area contributed by atoms with Crippen LogP contribution < -0.4 is 11.1 Å². The van der Waals surface area contributed by atoms with Crippen LogP contribution in [-0.4, -0.2) is 32.7 Å². The first-order valence-corrected chi connectivity index (χ1v) is 12.8. The first kappa shape index (κ1) is 23.3. The molecule has 6 rings (SSSR count). The molecular formula is C31H30N4O2. The Morgan fingerprint density at radius 1 is 1.03 bits per heavy atom. The number of anilines is 1. The molecule has 3 aromatic carbocycles. The molecule has 6 nitrogen and oxygen atoms in total. The maximum Gasteiger partial charge on any atom is 0.250 e. The highest BCUT2D eigenvalue weighted by Gasteiger charge is 2.21. The number of rotatable bonds is 5. The molecule has 4 N–H and O–H groups in total. The van der Waals surface area contributed by atoms with Crippen LogP contribution in [0.15, 0.2) is 79.1 Å². The third-order valence-corrected chi connectivity index (χ3v) is 7.52. The zero-order valence-corrected chi connectivity index (χ0v) is 20.8. The number of aryl methyl sites for hydroxylation is 1. The highest BCUT2D eigenvalue weighted by molar-refractivity contribution is 6.01. The molecule has 0 spiro atoms. The predicted octanol–water partition coefficient (Wildman–Crippen LogP) is 5.97. The van der Waals surface area contributed by atoms with Gasteiger partial charge in [-0.1, -0.05) is 30.3 Å². The lowest BCUT2D eigenvalue weighted by molar-refractivity contribution is 0.100. The van der Waals surface area contributed by atoms with Gasteiger partial charge in [0.15, 0.2) is 0 Å². The van der Waals surface area contributed by atoms with E-state index in [9.17, 15) is 9.90 Å². The topological polar surface area (TPSA) is 93.2 Å². The molecule has 0 atom stereocenters. The minimum Gasteiger partial charge on any atom is -0.393 e. The molecule has 2 aromatic heterocycles. The molecular weight excluding hydrogens is 460 g/mol. The zero-order chi connectivity index (χ0) is 25.5. The lowest BCUT2D eigenvalue weighted by atomic mass is 9.92. The Morgan fingerprint density at radius 3 is 2.65 bits per heavy atom. The fourth-order valence-corrected chi connectivity index (χ4v) is 5.61. The summed E-state index contributed by atoms with van der Waals surface area (Å²) in [5.74, 6) is -0.454. The Balaban J connectivity index is 1.43. The number of hydrogen-bond acceptors (Lipinski definition) is 4. The molecule has 37 heavy (non-hydrogen) atoms. The SMILES string of the molecule is Cc1cn(-c2ccc(C(N)=O)c(NC3CCC(O)CC3)c2)c2cccc(-c3cnc4ccccc4c3)c12. The highest BCUT2D eigenvalue weighted by Crippen LogP contribution is 2.35. The molecule has 1 fully saturated rings. The number of nitrogens with zero attached hydrogens (tertiary/aromatic N) is 2. The minimum atomic E-state index is -0.454. The average molecular weight is 491 g/mol. The molecule has 186 valence electrons. The highest BCUT2D eigenvalue weighted by atomic mass is 16.3. The van der Waals surface area contributed by atoms with E-state index in [1.54, 1.807) is 6.07 Å². The van der Waals surface area contributed by atoms with E-state index in [-0.39, 0.29) is 12.1 Å². The molecule has 6 heteroatoms. The van der Waals surface area contributed by atoms with Gasteiger partial charge in [-0.05, 0) is 80.1 Å². The summed E-state index contributed by atoms with van der Waals surface area (Å²) >= 11 is 0. The molecule has 1 aliphatic rings.